The van der Waals surface area contributed by atoms with Crippen molar-refractivity contribution in [1.82, 2.24) is 24.8 Å². The maximum Gasteiger partial charge on any atom is 0.223 e. The molecule has 2 heterocycles. The lowest BCUT2D eigenvalue weighted by Crippen LogP contribution is -2.30. The predicted molar refractivity (Wildman–Crippen MR) is 187 cm³/mol. The van der Waals surface area contributed by atoms with Crippen molar-refractivity contribution >= 4 is 66.8 Å². The van der Waals surface area contributed by atoms with Gasteiger partial charge in [-0.1, -0.05) is 85.1 Å². The van der Waals surface area contributed by atoms with Crippen molar-refractivity contribution in [2.45, 2.75) is 32.0 Å². The van der Waals surface area contributed by atoms with E-state index in [0.717, 1.165) is 16.5 Å². The summed E-state index contributed by atoms with van der Waals surface area (Å²) in [4.78, 5) is 27.0. The highest BCUT2D eigenvalue weighted by Gasteiger charge is 2.44. The number of nitrogens with one attached hydrogen (secondary N) is 2. The number of nitrogens with zero attached hydrogens (tertiary/aromatic N) is 4. The van der Waals surface area contributed by atoms with Crippen LogP contribution in [0.25, 0.3) is 43.5 Å². The van der Waals surface area contributed by atoms with Crippen LogP contribution in [-0.2, 0) is 11.3 Å². The zero-order valence-corrected chi connectivity index (χ0v) is 26.6. The van der Waals surface area contributed by atoms with Crippen LogP contribution in [0.5, 0.6) is 0 Å². The first kappa shape index (κ1) is 29.2. The van der Waals surface area contributed by atoms with Crippen LogP contribution in [0.15, 0.2) is 85.2 Å². The number of aliphatic hydroxyl groups excluding tert-OH is 1. The molecule has 0 unspecified atom stereocenters. The molecule has 1 aliphatic rings. The maximum atomic E-state index is 12.6. The number of carbonyl (C=O) groups excluding carboxylic acids is 1. The summed E-state index contributed by atoms with van der Waals surface area (Å²) in [6, 6.07) is 26.4. The Kier molecular flexibility index (Phi) is 7.16. The zero-order valence-electron chi connectivity index (χ0n) is 25.8. The third-order valence-corrected chi connectivity index (χ3v) is 9.81. The summed E-state index contributed by atoms with van der Waals surface area (Å²) in [7, 11) is 1.62. The fraction of sp³-hybridized carbons (Fsp3) is 0.211. The number of rotatable bonds is 5. The molecular formula is C38H31ClN6O2. The third kappa shape index (κ3) is 4.99. The SMILES string of the molecule is CNC(=O)[C@@H]1C[C@@H](O)[C@H](n2cnc3c(NCc4cccc(Cl)c4)nc(C#Cc4ccc5ccc6cccc7ccc4c5c67)nc32)[C@H]1C. The molecule has 0 bridgehead atoms. The fourth-order valence-corrected chi connectivity index (χ4v) is 7.50. The Balaban J connectivity index is 1.24. The van der Waals surface area contributed by atoms with Gasteiger partial charge in [0.05, 0.1) is 18.5 Å². The molecule has 2 aromatic heterocycles. The van der Waals surface area contributed by atoms with Gasteiger partial charge in [0.2, 0.25) is 11.7 Å². The van der Waals surface area contributed by atoms with Crippen LogP contribution in [0.4, 0.5) is 5.82 Å². The van der Waals surface area contributed by atoms with Gasteiger partial charge in [-0.25, -0.2) is 15.0 Å². The van der Waals surface area contributed by atoms with Crippen molar-refractivity contribution in [1.29, 1.82) is 0 Å². The van der Waals surface area contributed by atoms with Gasteiger partial charge in [-0.3, -0.25) is 4.79 Å². The molecule has 1 saturated carbocycles. The van der Waals surface area contributed by atoms with E-state index >= 15 is 0 Å². The second-order valence-electron chi connectivity index (χ2n) is 12.3. The molecule has 0 saturated heterocycles. The average Bonchev–Trinajstić information content (AvgIpc) is 3.64. The van der Waals surface area contributed by atoms with Crippen molar-refractivity contribution in [3.05, 3.63) is 107 Å². The largest absolute Gasteiger partial charge is 0.391 e. The Labute approximate surface area is 276 Å². The second kappa shape index (κ2) is 11.5. The fourth-order valence-electron chi connectivity index (χ4n) is 7.29. The summed E-state index contributed by atoms with van der Waals surface area (Å²) in [5.74, 6) is 6.90. The number of halogens is 1. The normalized spacial score (nSPS) is 19.4. The molecule has 47 heavy (non-hydrogen) atoms. The number of anilines is 1. The van der Waals surface area contributed by atoms with Gasteiger partial charge < -0.3 is 20.3 Å². The predicted octanol–water partition coefficient (Wildman–Crippen LogP) is 6.69. The molecule has 1 fully saturated rings. The highest BCUT2D eigenvalue weighted by Crippen LogP contribution is 2.42. The van der Waals surface area contributed by atoms with Crippen LogP contribution < -0.4 is 10.6 Å². The number of hydrogen-bond acceptors (Lipinski definition) is 6. The van der Waals surface area contributed by atoms with E-state index < -0.39 is 12.1 Å². The van der Waals surface area contributed by atoms with Gasteiger partial charge in [-0.05, 0) is 74.3 Å². The second-order valence-corrected chi connectivity index (χ2v) is 12.7. The van der Waals surface area contributed by atoms with E-state index in [1.807, 2.05) is 41.8 Å². The number of aliphatic hydroxyl groups is 1. The van der Waals surface area contributed by atoms with Crippen molar-refractivity contribution in [2.75, 3.05) is 12.4 Å². The summed E-state index contributed by atoms with van der Waals surface area (Å²) >= 11 is 6.25. The summed E-state index contributed by atoms with van der Waals surface area (Å²) in [5.41, 5.74) is 2.97. The first-order valence-electron chi connectivity index (χ1n) is 15.7. The monoisotopic (exact) mass is 638 g/mol. The molecule has 1 amide bonds. The van der Waals surface area contributed by atoms with Gasteiger partial charge in [-0.2, -0.15) is 0 Å². The summed E-state index contributed by atoms with van der Waals surface area (Å²) in [6.07, 6.45) is 1.30. The molecule has 4 atom stereocenters. The highest BCUT2D eigenvalue weighted by atomic mass is 35.5. The summed E-state index contributed by atoms with van der Waals surface area (Å²) in [6.45, 7) is 2.45. The van der Waals surface area contributed by atoms with Crippen molar-refractivity contribution in [2.24, 2.45) is 11.8 Å². The number of benzene rings is 5. The molecule has 9 heteroatoms. The summed E-state index contributed by atoms with van der Waals surface area (Å²) < 4.78 is 1.88. The Morgan fingerprint density at radius 3 is 2.51 bits per heavy atom. The molecule has 5 aromatic carbocycles. The van der Waals surface area contributed by atoms with Crippen LogP contribution in [0.1, 0.15) is 36.3 Å². The quantitative estimate of drug-likeness (QED) is 0.143. The molecule has 3 N–H and O–H groups in total. The highest BCUT2D eigenvalue weighted by molar-refractivity contribution is 6.30. The molecule has 1 aliphatic carbocycles. The third-order valence-electron chi connectivity index (χ3n) is 9.58. The smallest absolute Gasteiger partial charge is 0.223 e. The van der Waals surface area contributed by atoms with Crippen LogP contribution in [0, 0.1) is 23.7 Å². The lowest BCUT2D eigenvalue weighted by Gasteiger charge is -2.22. The van der Waals surface area contributed by atoms with E-state index in [1.165, 1.54) is 26.9 Å². The summed E-state index contributed by atoms with van der Waals surface area (Å²) in [5, 5.41) is 25.0. The van der Waals surface area contributed by atoms with E-state index in [9.17, 15) is 9.90 Å². The first-order valence-corrected chi connectivity index (χ1v) is 16.1. The number of hydrogen-bond donors (Lipinski definition) is 3. The van der Waals surface area contributed by atoms with Crippen LogP contribution in [-0.4, -0.2) is 43.7 Å². The molecule has 232 valence electrons. The van der Waals surface area contributed by atoms with Gasteiger partial charge in [0, 0.05) is 30.1 Å². The minimum Gasteiger partial charge on any atom is -0.391 e. The van der Waals surface area contributed by atoms with Crippen LogP contribution in [0.2, 0.25) is 5.02 Å². The number of carbonyl (C=O) groups is 1. The molecule has 0 aliphatic heterocycles. The number of fused-ring (bicyclic) bond motifs is 1. The van der Waals surface area contributed by atoms with Crippen molar-refractivity contribution in [3.8, 4) is 11.8 Å². The first-order chi connectivity index (χ1) is 22.9. The number of imidazole rings is 1. The van der Waals surface area contributed by atoms with Crippen molar-refractivity contribution in [3.63, 3.8) is 0 Å². The van der Waals surface area contributed by atoms with E-state index in [2.05, 4.69) is 76.0 Å². The van der Waals surface area contributed by atoms with E-state index in [1.54, 1.807) is 13.4 Å². The Bertz CT molecular complexity index is 2380. The standard InChI is InChI=1S/C38H31ClN6O2/c1-21-29(38(47)40-2)18-30(46)35(21)45-20-42-34-36(41-19-22-5-3-8-27(39)17-22)43-31(44-37(34)45)16-14-23-9-10-26-12-11-24-6-4-7-25-13-15-28(23)33(26)32(24)25/h3-13,15,17,20-21,29-30,35,46H,18-19H2,1-2H3,(H,40,47)(H,41,43,44)/t21-,29+,30+,35+/m0/s1. The number of aromatic nitrogens is 4. The molecular weight excluding hydrogens is 608 g/mol. The molecule has 8 rings (SSSR count). The van der Waals surface area contributed by atoms with E-state index in [4.69, 9.17) is 21.6 Å². The molecule has 8 nitrogen and oxygen atoms in total. The van der Waals surface area contributed by atoms with Crippen LogP contribution >= 0.6 is 11.6 Å². The topological polar surface area (TPSA) is 105 Å². The van der Waals surface area contributed by atoms with Crippen LogP contribution in [0.3, 0.4) is 0 Å². The lowest BCUT2D eigenvalue weighted by atomic mass is 9.92. The molecule has 0 spiro atoms. The molecule has 0 radical (unpaired) electrons. The minimum absolute atomic E-state index is 0.0816. The zero-order chi connectivity index (χ0) is 32.2. The Morgan fingerprint density at radius 2 is 1.72 bits per heavy atom. The van der Waals surface area contributed by atoms with Gasteiger partial charge in [0.15, 0.2) is 17.0 Å². The minimum atomic E-state index is -0.741. The Morgan fingerprint density at radius 1 is 0.979 bits per heavy atom. The van der Waals surface area contributed by atoms with Crippen molar-refractivity contribution < 1.29 is 9.90 Å². The Hall–Kier alpha value is -5.23. The molecule has 7 aromatic rings. The van der Waals surface area contributed by atoms with Gasteiger partial charge in [0.1, 0.15) is 0 Å². The average molecular weight is 639 g/mol. The number of amides is 1. The van der Waals surface area contributed by atoms with E-state index in [-0.39, 0.29) is 17.7 Å². The van der Waals surface area contributed by atoms with E-state index in [0.29, 0.717) is 40.8 Å². The van der Waals surface area contributed by atoms with Gasteiger partial charge >= 0.3 is 0 Å². The van der Waals surface area contributed by atoms with Gasteiger partial charge in [0.25, 0.3) is 0 Å². The maximum absolute atomic E-state index is 12.6. The lowest BCUT2D eigenvalue weighted by molar-refractivity contribution is -0.125. The van der Waals surface area contributed by atoms with Gasteiger partial charge in [-0.15, -0.1) is 0 Å².